The third kappa shape index (κ3) is 2.82. The molecule has 0 radical (unpaired) electrons. The molecule has 0 unspecified atom stereocenters. The molecule has 0 aliphatic carbocycles. The quantitative estimate of drug-likeness (QED) is 0.845. The SMILES string of the molecule is CCNCc1cccn1Cc1cc(CC)nn1C. The Kier molecular flexibility index (Phi) is 4.20. The predicted octanol–water partition coefficient (Wildman–Crippen LogP) is 1.94. The Hall–Kier alpha value is -1.55. The fourth-order valence-electron chi connectivity index (χ4n) is 2.08. The van der Waals surface area contributed by atoms with Crippen LogP contribution in [0.2, 0.25) is 0 Å². The lowest BCUT2D eigenvalue weighted by molar-refractivity contribution is 0.621. The number of nitrogens with zero attached hydrogens (tertiary/aromatic N) is 3. The second kappa shape index (κ2) is 5.87. The van der Waals surface area contributed by atoms with Gasteiger partial charge >= 0.3 is 0 Å². The molecule has 0 aromatic carbocycles. The molecule has 1 N–H and O–H groups in total. The first-order valence-electron chi connectivity index (χ1n) is 6.61. The summed E-state index contributed by atoms with van der Waals surface area (Å²) in [5.74, 6) is 0. The molecular weight excluding hydrogens is 224 g/mol. The molecule has 98 valence electrons. The first-order chi connectivity index (χ1) is 8.74. The van der Waals surface area contributed by atoms with Crippen LogP contribution >= 0.6 is 0 Å². The number of hydrogen-bond acceptors (Lipinski definition) is 2. The zero-order valence-corrected chi connectivity index (χ0v) is 11.5. The number of nitrogens with one attached hydrogen (secondary N) is 1. The summed E-state index contributed by atoms with van der Waals surface area (Å²) in [6.45, 7) is 7.07. The van der Waals surface area contributed by atoms with Crippen molar-refractivity contribution in [3.05, 3.63) is 41.5 Å². The summed E-state index contributed by atoms with van der Waals surface area (Å²) in [6, 6.07) is 6.46. The van der Waals surface area contributed by atoms with E-state index in [-0.39, 0.29) is 0 Å². The third-order valence-corrected chi connectivity index (χ3v) is 3.20. The molecule has 2 rings (SSSR count). The highest BCUT2D eigenvalue weighted by atomic mass is 15.3. The highest BCUT2D eigenvalue weighted by Crippen LogP contribution is 2.09. The average Bonchev–Trinajstić information content (AvgIpc) is 2.95. The van der Waals surface area contributed by atoms with E-state index in [0.29, 0.717) is 0 Å². The van der Waals surface area contributed by atoms with Gasteiger partial charge in [0, 0.05) is 25.5 Å². The first kappa shape index (κ1) is 12.9. The van der Waals surface area contributed by atoms with E-state index in [1.807, 2.05) is 11.7 Å². The molecule has 0 saturated heterocycles. The van der Waals surface area contributed by atoms with E-state index in [0.717, 1.165) is 31.7 Å². The molecule has 18 heavy (non-hydrogen) atoms. The van der Waals surface area contributed by atoms with Crippen LogP contribution < -0.4 is 5.32 Å². The first-order valence-corrected chi connectivity index (χ1v) is 6.61. The Morgan fingerprint density at radius 3 is 2.78 bits per heavy atom. The van der Waals surface area contributed by atoms with Gasteiger partial charge in [0.25, 0.3) is 0 Å². The normalized spacial score (nSPS) is 11.1. The van der Waals surface area contributed by atoms with Gasteiger partial charge in [-0.25, -0.2) is 0 Å². The van der Waals surface area contributed by atoms with Crippen molar-refractivity contribution in [2.75, 3.05) is 6.54 Å². The number of aromatic nitrogens is 3. The second-order valence-electron chi connectivity index (χ2n) is 4.51. The molecule has 0 aliphatic rings. The van der Waals surface area contributed by atoms with Crippen molar-refractivity contribution in [2.24, 2.45) is 7.05 Å². The molecule has 4 nitrogen and oxygen atoms in total. The molecule has 0 atom stereocenters. The van der Waals surface area contributed by atoms with E-state index in [2.05, 4.69) is 53.2 Å². The zero-order chi connectivity index (χ0) is 13.0. The van der Waals surface area contributed by atoms with Gasteiger partial charge in [0.05, 0.1) is 17.9 Å². The molecule has 0 spiro atoms. The Balaban J connectivity index is 2.12. The predicted molar refractivity (Wildman–Crippen MR) is 73.5 cm³/mol. The molecule has 2 heterocycles. The lowest BCUT2D eigenvalue weighted by atomic mass is 10.3. The van der Waals surface area contributed by atoms with Crippen molar-refractivity contribution in [1.82, 2.24) is 19.7 Å². The molecule has 2 aromatic heterocycles. The standard InChI is InChI=1S/C14H22N4/c1-4-12-9-14(17(3)16-12)11-18-8-6-7-13(18)10-15-5-2/h6-9,15H,4-5,10-11H2,1-3H3. The Morgan fingerprint density at radius 1 is 1.28 bits per heavy atom. The van der Waals surface area contributed by atoms with Crippen LogP contribution in [-0.4, -0.2) is 20.9 Å². The number of aryl methyl sites for hydroxylation is 2. The van der Waals surface area contributed by atoms with Crippen molar-refractivity contribution < 1.29 is 0 Å². The summed E-state index contributed by atoms with van der Waals surface area (Å²) in [5.41, 5.74) is 3.73. The smallest absolute Gasteiger partial charge is 0.0642 e. The van der Waals surface area contributed by atoms with Crippen molar-refractivity contribution in [3.8, 4) is 0 Å². The van der Waals surface area contributed by atoms with Gasteiger partial charge in [0.15, 0.2) is 0 Å². The Labute approximate surface area is 109 Å². The molecule has 4 heteroatoms. The van der Waals surface area contributed by atoms with Crippen LogP contribution in [0.3, 0.4) is 0 Å². The summed E-state index contributed by atoms with van der Waals surface area (Å²) < 4.78 is 4.26. The van der Waals surface area contributed by atoms with E-state index in [1.54, 1.807) is 0 Å². The van der Waals surface area contributed by atoms with Gasteiger partial charge in [-0.05, 0) is 31.2 Å². The van der Waals surface area contributed by atoms with Crippen molar-refractivity contribution in [1.29, 1.82) is 0 Å². The van der Waals surface area contributed by atoms with Crippen LogP contribution in [0.15, 0.2) is 24.4 Å². The van der Waals surface area contributed by atoms with Gasteiger partial charge in [0.1, 0.15) is 0 Å². The van der Waals surface area contributed by atoms with Gasteiger partial charge in [-0.2, -0.15) is 5.10 Å². The van der Waals surface area contributed by atoms with Gasteiger partial charge in [0.2, 0.25) is 0 Å². The molecule has 0 aliphatic heterocycles. The Bertz CT molecular complexity index is 496. The maximum Gasteiger partial charge on any atom is 0.0642 e. The zero-order valence-electron chi connectivity index (χ0n) is 11.5. The highest BCUT2D eigenvalue weighted by Gasteiger charge is 2.06. The monoisotopic (exact) mass is 246 g/mol. The van der Waals surface area contributed by atoms with Crippen LogP contribution in [0.4, 0.5) is 0 Å². The molecular formula is C14H22N4. The minimum atomic E-state index is 0.886. The summed E-state index contributed by atoms with van der Waals surface area (Å²) >= 11 is 0. The van der Waals surface area contributed by atoms with E-state index in [4.69, 9.17) is 0 Å². The summed E-state index contributed by atoms with van der Waals surface area (Å²) in [4.78, 5) is 0. The lowest BCUT2D eigenvalue weighted by Crippen LogP contribution is -2.16. The van der Waals surface area contributed by atoms with Gasteiger partial charge in [-0.15, -0.1) is 0 Å². The topological polar surface area (TPSA) is 34.8 Å². The maximum absolute atomic E-state index is 4.49. The van der Waals surface area contributed by atoms with Crippen LogP contribution in [0.5, 0.6) is 0 Å². The van der Waals surface area contributed by atoms with Crippen LogP contribution in [0.1, 0.15) is 30.9 Å². The van der Waals surface area contributed by atoms with Crippen molar-refractivity contribution in [3.63, 3.8) is 0 Å². The summed E-state index contributed by atoms with van der Waals surface area (Å²) in [5, 5.41) is 7.85. The third-order valence-electron chi connectivity index (χ3n) is 3.20. The molecule has 0 bridgehead atoms. The number of rotatable bonds is 6. The highest BCUT2D eigenvalue weighted by molar-refractivity contribution is 5.14. The van der Waals surface area contributed by atoms with Crippen LogP contribution in [-0.2, 0) is 26.6 Å². The average molecular weight is 246 g/mol. The minimum absolute atomic E-state index is 0.886. The van der Waals surface area contributed by atoms with Crippen molar-refractivity contribution >= 4 is 0 Å². The molecule has 0 amide bonds. The largest absolute Gasteiger partial charge is 0.344 e. The fraction of sp³-hybridized carbons (Fsp3) is 0.500. The van der Waals surface area contributed by atoms with Crippen molar-refractivity contribution in [2.45, 2.75) is 33.4 Å². The van der Waals surface area contributed by atoms with E-state index < -0.39 is 0 Å². The minimum Gasteiger partial charge on any atom is -0.344 e. The summed E-state index contributed by atoms with van der Waals surface area (Å²) in [6.07, 6.45) is 3.12. The maximum atomic E-state index is 4.49. The fourth-order valence-corrected chi connectivity index (χ4v) is 2.08. The van der Waals surface area contributed by atoms with Crippen LogP contribution in [0, 0.1) is 0 Å². The molecule has 2 aromatic rings. The second-order valence-corrected chi connectivity index (χ2v) is 4.51. The van der Waals surface area contributed by atoms with E-state index in [9.17, 15) is 0 Å². The van der Waals surface area contributed by atoms with Gasteiger partial charge < -0.3 is 9.88 Å². The summed E-state index contributed by atoms with van der Waals surface area (Å²) in [7, 11) is 2.02. The number of hydrogen-bond donors (Lipinski definition) is 1. The van der Waals surface area contributed by atoms with Gasteiger partial charge in [-0.1, -0.05) is 13.8 Å². The van der Waals surface area contributed by atoms with E-state index in [1.165, 1.54) is 11.4 Å². The Morgan fingerprint density at radius 2 is 2.11 bits per heavy atom. The molecule has 0 saturated carbocycles. The van der Waals surface area contributed by atoms with E-state index >= 15 is 0 Å². The molecule has 0 fully saturated rings. The van der Waals surface area contributed by atoms with Crippen LogP contribution in [0.25, 0.3) is 0 Å². The van der Waals surface area contributed by atoms with Gasteiger partial charge in [-0.3, -0.25) is 4.68 Å². The lowest BCUT2D eigenvalue weighted by Gasteiger charge is -2.09.